The highest BCUT2D eigenvalue weighted by atomic mass is 19.1. The van der Waals surface area contributed by atoms with Crippen molar-refractivity contribution in [1.29, 1.82) is 5.26 Å². The van der Waals surface area contributed by atoms with E-state index >= 15 is 0 Å². The molecule has 0 bridgehead atoms. The molecule has 2 nitrogen and oxygen atoms in total. The smallest absolute Gasteiger partial charge is 0.123 e. The Morgan fingerprint density at radius 2 is 2.20 bits per heavy atom. The third-order valence-corrected chi connectivity index (χ3v) is 2.30. The zero-order valence-electron chi connectivity index (χ0n) is 9.00. The van der Waals surface area contributed by atoms with Gasteiger partial charge in [-0.2, -0.15) is 5.26 Å². The van der Waals surface area contributed by atoms with E-state index in [0.717, 1.165) is 5.56 Å². The van der Waals surface area contributed by atoms with Gasteiger partial charge in [0.2, 0.25) is 0 Å². The van der Waals surface area contributed by atoms with E-state index in [9.17, 15) is 4.39 Å². The molecule has 3 heteroatoms. The second-order valence-electron chi connectivity index (χ2n) is 3.72. The molecule has 0 aliphatic rings. The number of nitriles is 1. The molecule has 2 atom stereocenters. The summed E-state index contributed by atoms with van der Waals surface area (Å²) in [6, 6.07) is 8.71. The zero-order chi connectivity index (χ0) is 11.3. The molecular weight excluding hydrogens is 191 g/mol. The van der Waals surface area contributed by atoms with E-state index in [0.29, 0.717) is 6.54 Å². The summed E-state index contributed by atoms with van der Waals surface area (Å²) in [6.45, 7) is 4.43. The minimum atomic E-state index is -0.227. The van der Waals surface area contributed by atoms with Crippen molar-refractivity contribution in [1.82, 2.24) is 5.32 Å². The lowest BCUT2D eigenvalue weighted by Gasteiger charge is -2.14. The molecule has 0 amide bonds. The van der Waals surface area contributed by atoms with Gasteiger partial charge in [-0.15, -0.1) is 0 Å². The second-order valence-corrected chi connectivity index (χ2v) is 3.72. The van der Waals surface area contributed by atoms with Crippen LogP contribution in [0.1, 0.15) is 25.5 Å². The van der Waals surface area contributed by atoms with Gasteiger partial charge in [0.05, 0.1) is 12.0 Å². The Balaban J connectivity index is 2.54. The van der Waals surface area contributed by atoms with E-state index < -0.39 is 0 Å². The van der Waals surface area contributed by atoms with Crippen LogP contribution in [0.15, 0.2) is 24.3 Å². The van der Waals surface area contributed by atoms with E-state index in [1.54, 1.807) is 6.07 Å². The average molecular weight is 206 g/mol. The first kappa shape index (κ1) is 11.7. The van der Waals surface area contributed by atoms with E-state index in [4.69, 9.17) is 5.26 Å². The van der Waals surface area contributed by atoms with Gasteiger partial charge >= 0.3 is 0 Å². The summed E-state index contributed by atoms with van der Waals surface area (Å²) < 4.78 is 12.9. The van der Waals surface area contributed by atoms with Gasteiger partial charge in [0, 0.05) is 12.6 Å². The van der Waals surface area contributed by atoms with Crippen molar-refractivity contribution in [2.45, 2.75) is 19.9 Å². The number of hydrogen-bond acceptors (Lipinski definition) is 2. The summed E-state index contributed by atoms with van der Waals surface area (Å²) in [5.41, 5.74) is 0.903. The van der Waals surface area contributed by atoms with Crippen LogP contribution in [-0.4, -0.2) is 6.54 Å². The van der Waals surface area contributed by atoms with Crippen LogP contribution in [0.4, 0.5) is 4.39 Å². The molecular formula is C12H15FN2. The maximum atomic E-state index is 12.9. The van der Waals surface area contributed by atoms with E-state index in [-0.39, 0.29) is 17.8 Å². The molecule has 0 saturated carbocycles. The summed E-state index contributed by atoms with van der Waals surface area (Å²) in [6.07, 6.45) is 0. The van der Waals surface area contributed by atoms with Crippen molar-refractivity contribution in [2.75, 3.05) is 6.54 Å². The lowest BCUT2D eigenvalue weighted by molar-refractivity contribution is 0.524. The van der Waals surface area contributed by atoms with Gasteiger partial charge in [0.1, 0.15) is 5.82 Å². The number of rotatable bonds is 4. The Labute approximate surface area is 89.7 Å². The topological polar surface area (TPSA) is 35.8 Å². The third kappa shape index (κ3) is 3.69. The second kappa shape index (κ2) is 5.47. The first-order chi connectivity index (χ1) is 7.13. The number of nitrogens with one attached hydrogen (secondary N) is 1. The molecule has 1 aromatic carbocycles. The molecule has 0 spiro atoms. The summed E-state index contributed by atoms with van der Waals surface area (Å²) in [4.78, 5) is 0. The fourth-order valence-corrected chi connectivity index (χ4v) is 1.29. The van der Waals surface area contributed by atoms with Crippen molar-refractivity contribution >= 4 is 0 Å². The predicted octanol–water partition coefficient (Wildman–Crippen LogP) is 2.64. The number of benzene rings is 1. The van der Waals surface area contributed by atoms with Gasteiger partial charge in [-0.1, -0.05) is 12.1 Å². The SMILES string of the molecule is CC(C#N)CNC(C)c1cccc(F)c1. The molecule has 0 aliphatic heterocycles. The maximum Gasteiger partial charge on any atom is 0.123 e. The van der Waals surface area contributed by atoms with E-state index in [2.05, 4.69) is 11.4 Å². The van der Waals surface area contributed by atoms with Crippen LogP contribution in [0.25, 0.3) is 0 Å². The summed E-state index contributed by atoms with van der Waals surface area (Å²) in [7, 11) is 0. The van der Waals surface area contributed by atoms with E-state index in [1.165, 1.54) is 12.1 Å². The van der Waals surface area contributed by atoms with Crippen LogP contribution >= 0.6 is 0 Å². The lowest BCUT2D eigenvalue weighted by Crippen LogP contribution is -2.23. The van der Waals surface area contributed by atoms with Gasteiger partial charge < -0.3 is 5.32 Å². The molecule has 2 unspecified atom stereocenters. The molecule has 15 heavy (non-hydrogen) atoms. The first-order valence-electron chi connectivity index (χ1n) is 5.02. The molecule has 1 N–H and O–H groups in total. The highest BCUT2D eigenvalue weighted by Gasteiger charge is 2.07. The summed E-state index contributed by atoms with van der Waals surface area (Å²) in [5, 5.41) is 11.8. The van der Waals surface area contributed by atoms with Crippen molar-refractivity contribution in [3.8, 4) is 6.07 Å². The lowest BCUT2D eigenvalue weighted by atomic mass is 10.1. The fraction of sp³-hybridized carbons (Fsp3) is 0.417. The monoisotopic (exact) mass is 206 g/mol. The minimum Gasteiger partial charge on any atom is -0.309 e. The Morgan fingerprint density at radius 1 is 1.47 bits per heavy atom. The Bertz CT molecular complexity index is 357. The molecule has 0 radical (unpaired) electrons. The summed E-state index contributed by atoms with van der Waals surface area (Å²) in [5.74, 6) is -0.254. The van der Waals surface area contributed by atoms with Crippen LogP contribution in [-0.2, 0) is 0 Å². The van der Waals surface area contributed by atoms with Crippen LogP contribution in [0.2, 0.25) is 0 Å². The van der Waals surface area contributed by atoms with Crippen molar-refractivity contribution in [2.24, 2.45) is 5.92 Å². The van der Waals surface area contributed by atoms with Crippen molar-refractivity contribution in [3.63, 3.8) is 0 Å². The van der Waals surface area contributed by atoms with Crippen LogP contribution in [0.5, 0.6) is 0 Å². The number of nitrogens with zero attached hydrogens (tertiary/aromatic N) is 1. The van der Waals surface area contributed by atoms with Gasteiger partial charge in [0.15, 0.2) is 0 Å². The Morgan fingerprint density at radius 3 is 2.80 bits per heavy atom. The highest BCUT2D eigenvalue weighted by Crippen LogP contribution is 2.13. The molecule has 1 aromatic rings. The normalized spacial score (nSPS) is 14.3. The quantitative estimate of drug-likeness (QED) is 0.822. The predicted molar refractivity (Wildman–Crippen MR) is 57.6 cm³/mol. The summed E-state index contributed by atoms with van der Waals surface area (Å²) >= 11 is 0. The van der Waals surface area contributed by atoms with Gasteiger partial charge in [-0.05, 0) is 31.5 Å². The van der Waals surface area contributed by atoms with Crippen molar-refractivity contribution in [3.05, 3.63) is 35.6 Å². The Kier molecular flexibility index (Phi) is 4.26. The molecule has 80 valence electrons. The van der Waals surface area contributed by atoms with Gasteiger partial charge in [-0.25, -0.2) is 4.39 Å². The molecule has 0 heterocycles. The van der Waals surface area contributed by atoms with Crippen LogP contribution < -0.4 is 5.32 Å². The largest absolute Gasteiger partial charge is 0.309 e. The molecule has 1 rings (SSSR count). The highest BCUT2D eigenvalue weighted by molar-refractivity contribution is 5.19. The van der Waals surface area contributed by atoms with Crippen LogP contribution in [0, 0.1) is 23.1 Å². The fourth-order valence-electron chi connectivity index (χ4n) is 1.29. The third-order valence-electron chi connectivity index (χ3n) is 2.30. The van der Waals surface area contributed by atoms with Crippen molar-refractivity contribution < 1.29 is 4.39 Å². The maximum absolute atomic E-state index is 12.9. The van der Waals surface area contributed by atoms with Gasteiger partial charge in [-0.3, -0.25) is 0 Å². The standard InChI is InChI=1S/C12H15FN2/c1-9(7-14)8-15-10(2)11-4-3-5-12(13)6-11/h3-6,9-10,15H,8H2,1-2H3. The average Bonchev–Trinajstić information content (AvgIpc) is 2.25. The number of halogens is 1. The van der Waals surface area contributed by atoms with Crippen LogP contribution in [0.3, 0.4) is 0 Å². The molecule has 0 fully saturated rings. The first-order valence-corrected chi connectivity index (χ1v) is 5.02. The van der Waals surface area contributed by atoms with Gasteiger partial charge in [0.25, 0.3) is 0 Å². The van der Waals surface area contributed by atoms with E-state index in [1.807, 2.05) is 19.9 Å². The Hall–Kier alpha value is -1.40. The zero-order valence-corrected chi connectivity index (χ0v) is 9.00. The molecule has 0 aromatic heterocycles. The minimum absolute atomic E-state index is 0.0268. The molecule has 0 aliphatic carbocycles. The molecule has 0 saturated heterocycles. The number of hydrogen-bond donors (Lipinski definition) is 1.